The molecule has 1 saturated carbocycles. The maximum Gasteiger partial charge on any atom is 0.328 e. The van der Waals surface area contributed by atoms with Crippen LogP contribution in [0.25, 0.3) is 0 Å². The highest BCUT2D eigenvalue weighted by Crippen LogP contribution is 2.44. The molecule has 31 heavy (non-hydrogen) atoms. The van der Waals surface area contributed by atoms with Crippen molar-refractivity contribution in [3.8, 4) is 0 Å². The predicted octanol–water partition coefficient (Wildman–Crippen LogP) is 2.57. The fourth-order valence-electron chi connectivity index (χ4n) is 6.04. The third kappa shape index (κ3) is 4.44. The first-order valence-electron chi connectivity index (χ1n) is 12.0. The highest BCUT2D eigenvalue weighted by atomic mass is 16.2. The zero-order valence-electron chi connectivity index (χ0n) is 18.4. The van der Waals surface area contributed by atoms with Gasteiger partial charge in [0.2, 0.25) is 5.91 Å². The van der Waals surface area contributed by atoms with E-state index in [2.05, 4.69) is 32.6 Å². The van der Waals surface area contributed by atoms with Gasteiger partial charge >= 0.3 is 6.03 Å². The minimum atomic E-state index is -0.323. The summed E-state index contributed by atoms with van der Waals surface area (Å²) in [5.74, 6) is -0.195. The number of benzene rings is 1. The van der Waals surface area contributed by atoms with Crippen molar-refractivity contribution < 1.29 is 9.59 Å². The summed E-state index contributed by atoms with van der Waals surface area (Å²) in [5.41, 5.74) is 2.71. The number of urea groups is 1. The fraction of sp³-hybridized carbons (Fsp3) is 0.667. The monoisotopic (exact) mass is 425 g/mol. The van der Waals surface area contributed by atoms with Crippen molar-refractivity contribution in [3.05, 3.63) is 24.3 Å². The van der Waals surface area contributed by atoms with Crippen molar-refractivity contribution in [1.82, 2.24) is 15.5 Å². The Kier molecular flexibility index (Phi) is 5.89. The number of hydrogen-bond donors (Lipinski definition) is 2. The van der Waals surface area contributed by atoms with Gasteiger partial charge in [-0.05, 0) is 81.3 Å². The normalized spacial score (nSPS) is 25.7. The summed E-state index contributed by atoms with van der Waals surface area (Å²) in [6, 6.07) is 8.65. The van der Waals surface area contributed by atoms with Crippen LogP contribution in [-0.2, 0) is 4.79 Å². The lowest BCUT2D eigenvalue weighted by molar-refractivity contribution is -0.120. The van der Waals surface area contributed by atoms with Gasteiger partial charge in [-0.3, -0.25) is 19.9 Å². The van der Waals surface area contributed by atoms with Crippen LogP contribution in [-0.4, -0.2) is 68.7 Å². The summed E-state index contributed by atoms with van der Waals surface area (Å²) in [5, 5.41) is 5.92. The predicted molar refractivity (Wildman–Crippen MR) is 123 cm³/mol. The molecule has 0 aromatic heterocycles. The molecule has 168 valence electrons. The Morgan fingerprint density at radius 2 is 1.45 bits per heavy atom. The zero-order chi connectivity index (χ0) is 21.3. The van der Waals surface area contributed by atoms with E-state index in [4.69, 9.17) is 0 Å². The van der Waals surface area contributed by atoms with Crippen LogP contribution in [0.3, 0.4) is 0 Å². The second-order valence-corrected chi connectivity index (χ2v) is 9.78. The Balaban J connectivity index is 1.12. The van der Waals surface area contributed by atoms with Crippen LogP contribution in [0.2, 0.25) is 0 Å². The molecule has 1 aromatic carbocycles. The first kappa shape index (κ1) is 20.8. The molecular formula is C24H35N5O2. The van der Waals surface area contributed by atoms with E-state index in [1.54, 1.807) is 4.90 Å². The van der Waals surface area contributed by atoms with Gasteiger partial charge in [-0.2, -0.15) is 0 Å². The number of anilines is 2. The molecule has 0 radical (unpaired) electrons. The van der Waals surface area contributed by atoms with Gasteiger partial charge < -0.3 is 10.2 Å². The van der Waals surface area contributed by atoms with E-state index in [9.17, 15) is 9.59 Å². The average molecular weight is 426 g/mol. The summed E-state index contributed by atoms with van der Waals surface area (Å²) < 4.78 is 0. The fourth-order valence-corrected chi connectivity index (χ4v) is 6.04. The molecule has 3 heterocycles. The number of carbonyl (C=O) groups excluding carboxylic acids is 2. The molecule has 7 nitrogen and oxygen atoms in total. The number of amides is 3. The lowest BCUT2D eigenvalue weighted by atomic mass is 9.67. The Bertz CT molecular complexity index is 787. The summed E-state index contributed by atoms with van der Waals surface area (Å²) in [6.07, 6.45) is 8.67. The van der Waals surface area contributed by atoms with Crippen molar-refractivity contribution in [3.63, 3.8) is 0 Å². The van der Waals surface area contributed by atoms with Crippen LogP contribution < -0.4 is 20.4 Å². The first-order valence-corrected chi connectivity index (χ1v) is 12.0. The van der Waals surface area contributed by atoms with E-state index in [0.717, 1.165) is 37.9 Å². The highest BCUT2D eigenvalue weighted by molar-refractivity contribution is 6.05. The second-order valence-electron chi connectivity index (χ2n) is 9.78. The van der Waals surface area contributed by atoms with Gasteiger partial charge in [0.25, 0.3) is 0 Å². The average Bonchev–Trinajstić information content (AvgIpc) is 2.81. The topological polar surface area (TPSA) is 67.9 Å². The Labute approximate surface area is 185 Å². The largest absolute Gasteiger partial charge is 0.369 e. The van der Waals surface area contributed by atoms with Crippen LogP contribution in [0.5, 0.6) is 0 Å². The Morgan fingerprint density at radius 3 is 2.10 bits per heavy atom. The van der Waals surface area contributed by atoms with E-state index < -0.39 is 0 Å². The molecule has 0 unspecified atom stereocenters. The summed E-state index contributed by atoms with van der Waals surface area (Å²) >= 11 is 0. The maximum atomic E-state index is 12.1. The SMILES string of the molecule is O=C1CCN(c2ccc(N3CCN(C4CCC5(CCNCC5)CC4)CC3)cc2)C(=O)N1. The van der Waals surface area contributed by atoms with Crippen molar-refractivity contribution >= 4 is 23.3 Å². The van der Waals surface area contributed by atoms with Gasteiger partial charge in [-0.1, -0.05) is 0 Å². The van der Waals surface area contributed by atoms with E-state index in [1.165, 1.54) is 57.3 Å². The van der Waals surface area contributed by atoms with Crippen LogP contribution in [0.1, 0.15) is 44.9 Å². The number of imide groups is 1. The molecule has 0 bridgehead atoms. The first-order chi connectivity index (χ1) is 15.1. The van der Waals surface area contributed by atoms with Crippen molar-refractivity contribution in [2.75, 3.05) is 55.6 Å². The van der Waals surface area contributed by atoms with Gasteiger partial charge in [-0.25, -0.2) is 4.79 Å². The molecule has 1 aliphatic carbocycles. The van der Waals surface area contributed by atoms with Crippen LogP contribution in [0.15, 0.2) is 24.3 Å². The summed E-state index contributed by atoms with van der Waals surface area (Å²) in [7, 11) is 0. The molecule has 1 spiro atoms. The molecule has 4 aliphatic rings. The van der Waals surface area contributed by atoms with Crippen LogP contribution in [0, 0.1) is 5.41 Å². The van der Waals surface area contributed by atoms with E-state index >= 15 is 0 Å². The summed E-state index contributed by atoms with van der Waals surface area (Å²) in [4.78, 5) is 30.2. The molecule has 0 atom stereocenters. The number of nitrogens with zero attached hydrogens (tertiary/aromatic N) is 3. The molecule has 4 fully saturated rings. The molecule has 7 heteroatoms. The number of nitrogens with one attached hydrogen (secondary N) is 2. The lowest BCUT2D eigenvalue weighted by Crippen LogP contribution is -2.52. The van der Waals surface area contributed by atoms with Crippen molar-refractivity contribution in [2.45, 2.75) is 51.0 Å². The van der Waals surface area contributed by atoms with E-state index in [-0.39, 0.29) is 11.9 Å². The molecule has 3 amide bonds. The number of rotatable bonds is 3. The van der Waals surface area contributed by atoms with E-state index in [1.807, 2.05) is 12.1 Å². The number of carbonyl (C=O) groups is 2. The van der Waals surface area contributed by atoms with Crippen LogP contribution in [0.4, 0.5) is 16.2 Å². The third-order valence-corrected chi connectivity index (χ3v) is 8.09. The maximum absolute atomic E-state index is 12.1. The van der Waals surface area contributed by atoms with Gasteiger partial charge in [0.05, 0.1) is 0 Å². The smallest absolute Gasteiger partial charge is 0.328 e. The standard InChI is InChI=1S/C24H35N5O2/c30-22-7-14-29(23(31)26-22)21-3-1-19(2-4-21)27-15-17-28(18-16-27)20-5-8-24(9-6-20)10-12-25-13-11-24/h1-4,20,25H,5-18H2,(H,26,30,31). The Morgan fingerprint density at radius 1 is 0.806 bits per heavy atom. The molecule has 2 N–H and O–H groups in total. The quantitative estimate of drug-likeness (QED) is 0.779. The molecular weight excluding hydrogens is 390 g/mol. The molecule has 3 aliphatic heterocycles. The van der Waals surface area contributed by atoms with Crippen molar-refractivity contribution in [1.29, 1.82) is 0 Å². The zero-order valence-corrected chi connectivity index (χ0v) is 18.4. The van der Waals surface area contributed by atoms with Gasteiger partial charge in [0.1, 0.15) is 0 Å². The third-order valence-electron chi connectivity index (χ3n) is 8.09. The number of hydrogen-bond acceptors (Lipinski definition) is 5. The second kappa shape index (κ2) is 8.79. The Hall–Kier alpha value is -2.12. The molecule has 3 saturated heterocycles. The van der Waals surface area contributed by atoms with E-state index in [0.29, 0.717) is 18.4 Å². The number of piperazine rings is 1. The van der Waals surface area contributed by atoms with Crippen LogP contribution >= 0.6 is 0 Å². The van der Waals surface area contributed by atoms with Gasteiger partial charge in [0.15, 0.2) is 0 Å². The van der Waals surface area contributed by atoms with Crippen molar-refractivity contribution in [2.24, 2.45) is 5.41 Å². The summed E-state index contributed by atoms with van der Waals surface area (Å²) in [6.45, 7) is 7.26. The highest BCUT2D eigenvalue weighted by Gasteiger charge is 2.38. The molecule has 1 aromatic rings. The van der Waals surface area contributed by atoms with Gasteiger partial charge in [0, 0.05) is 56.6 Å². The molecule has 5 rings (SSSR count). The minimum absolute atomic E-state index is 0.195. The minimum Gasteiger partial charge on any atom is -0.369 e. The number of piperidine rings is 1. The van der Waals surface area contributed by atoms with Gasteiger partial charge in [-0.15, -0.1) is 0 Å². The lowest BCUT2D eigenvalue weighted by Gasteiger charge is -2.47.